The van der Waals surface area contributed by atoms with Crippen LogP contribution in [0.4, 0.5) is 0 Å². The molecule has 0 heterocycles. The molecule has 4 nitrogen and oxygen atoms in total. The number of carboxylic acids is 1. The summed E-state index contributed by atoms with van der Waals surface area (Å²) in [6.45, 7) is 5.08. The zero-order chi connectivity index (χ0) is 12.3. The molecule has 0 radical (unpaired) electrons. The van der Waals surface area contributed by atoms with Crippen LogP contribution in [0.2, 0.25) is 0 Å². The van der Waals surface area contributed by atoms with Crippen LogP contribution in [0.25, 0.3) is 0 Å². The second-order valence-corrected chi connectivity index (χ2v) is 2.30. The Bertz CT molecular complexity index is 245. The molecule has 3 N–H and O–H groups in total. The SMILES string of the molecule is CC.CC(=O)O.OB(O)c1ccccc1. The first-order valence-corrected chi connectivity index (χ1v) is 4.64. The fourth-order valence-electron chi connectivity index (χ4n) is 0.625. The Morgan fingerprint density at radius 1 is 1.13 bits per heavy atom. The Hall–Kier alpha value is -1.33. The van der Waals surface area contributed by atoms with Crippen molar-refractivity contribution in [3.8, 4) is 0 Å². The van der Waals surface area contributed by atoms with Crippen molar-refractivity contribution >= 4 is 18.6 Å². The number of rotatable bonds is 1. The first kappa shape index (κ1) is 16.1. The average molecular weight is 212 g/mol. The van der Waals surface area contributed by atoms with E-state index in [-0.39, 0.29) is 0 Å². The average Bonchev–Trinajstić information content (AvgIpc) is 2.21. The van der Waals surface area contributed by atoms with Crippen molar-refractivity contribution in [1.29, 1.82) is 0 Å². The highest BCUT2D eigenvalue weighted by molar-refractivity contribution is 6.58. The Balaban J connectivity index is 0. The van der Waals surface area contributed by atoms with Gasteiger partial charge in [-0.05, 0) is 5.46 Å². The lowest BCUT2D eigenvalue weighted by Crippen LogP contribution is -2.29. The monoisotopic (exact) mass is 212 g/mol. The van der Waals surface area contributed by atoms with Gasteiger partial charge in [-0.15, -0.1) is 0 Å². The molecule has 0 aliphatic rings. The van der Waals surface area contributed by atoms with Gasteiger partial charge in [0.05, 0.1) is 0 Å². The third-order valence-corrected chi connectivity index (χ3v) is 1.10. The van der Waals surface area contributed by atoms with Crippen molar-refractivity contribution in [2.24, 2.45) is 0 Å². The molecule has 0 aromatic heterocycles. The van der Waals surface area contributed by atoms with Crippen LogP contribution in [0.3, 0.4) is 0 Å². The lowest BCUT2D eigenvalue weighted by Gasteiger charge is -1.94. The zero-order valence-electron chi connectivity index (χ0n) is 9.21. The molecular weight excluding hydrogens is 195 g/mol. The third kappa shape index (κ3) is 12.7. The number of aliphatic carboxylic acids is 1. The van der Waals surface area contributed by atoms with Crippen LogP contribution in [0.15, 0.2) is 30.3 Å². The molecule has 5 heteroatoms. The predicted octanol–water partition coefficient (Wildman–Crippen LogP) is 0.483. The van der Waals surface area contributed by atoms with Gasteiger partial charge < -0.3 is 15.2 Å². The molecule has 15 heavy (non-hydrogen) atoms. The lowest BCUT2D eigenvalue weighted by atomic mass is 9.81. The maximum Gasteiger partial charge on any atom is 0.488 e. The number of hydrogen-bond donors (Lipinski definition) is 3. The Morgan fingerprint density at radius 3 is 1.67 bits per heavy atom. The topological polar surface area (TPSA) is 77.8 Å². The number of benzene rings is 1. The van der Waals surface area contributed by atoms with Crippen LogP contribution in [0.5, 0.6) is 0 Å². The van der Waals surface area contributed by atoms with Gasteiger partial charge in [0.1, 0.15) is 0 Å². The van der Waals surface area contributed by atoms with Crippen LogP contribution >= 0.6 is 0 Å². The summed E-state index contributed by atoms with van der Waals surface area (Å²) in [5.74, 6) is -0.833. The molecule has 1 aromatic carbocycles. The van der Waals surface area contributed by atoms with Crippen LogP contribution in [-0.2, 0) is 4.79 Å². The normalized spacial score (nSPS) is 7.53. The van der Waals surface area contributed by atoms with Gasteiger partial charge in [0.2, 0.25) is 0 Å². The molecule has 0 amide bonds. The quantitative estimate of drug-likeness (QED) is 0.591. The number of carbonyl (C=O) groups is 1. The van der Waals surface area contributed by atoms with Gasteiger partial charge in [0, 0.05) is 6.92 Å². The highest BCUT2D eigenvalue weighted by Gasteiger charge is 2.07. The molecule has 0 saturated carbocycles. The number of hydrogen-bond acceptors (Lipinski definition) is 3. The summed E-state index contributed by atoms with van der Waals surface area (Å²) in [6.07, 6.45) is 0. The highest BCUT2D eigenvalue weighted by atomic mass is 16.4. The Morgan fingerprint density at radius 2 is 1.47 bits per heavy atom. The van der Waals surface area contributed by atoms with Crippen molar-refractivity contribution in [2.45, 2.75) is 20.8 Å². The minimum Gasteiger partial charge on any atom is -0.481 e. The van der Waals surface area contributed by atoms with E-state index in [2.05, 4.69) is 0 Å². The van der Waals surface area contributed by atoms with Gasteiger partial charge in [-0.3, -0.25) is 4.79 Å². The second-order valence-electron chi connectivity index (χ2n) is 2.30. The summed E-state index contributed by atoms with van der Waals surface area (Å²) >= 11 is 0. The summed E-state index contributed by atoms with van der Waals surface area (Å²) in [7, 11) is -1.34. The van der Waals surface area contributed by atoms with E-state index >= 15 is 0 Å². The maximum absolute atomic E-state index is 9.00. The van der Waals surface area contributed by atoms with Crippen molar-refractivity contribution in [2.75, 3.05) is 0 Å². The second kappa shape index (κ2) is 10.8. The lowest BCUT2D eigenvalue weighted by molar-refractivity contribution is -0.134. The predicted molar refractivity (Wildman–Crippen MR) is 60.9 cm³/mol. The molecular formula is C10H17BO4. The van der Waals surface area contributed by atoms with Crippen molar-refractivity contribution in [3.63, 3.8) is 0 Å². The third-order valence-electron chi connectivity index (χ3n) is 1.10. The van der Waals surface area contributed by atoms with E-state index in [1.54, 1.807) is 24.3 Å². The van der Waals surface area contributed by atoms with Crippen LogP contribution in [0, 0.1) is 0 Å². The summed E-state index contributed by atoms with van der Waals surface area (Å²) in [5, 5.41) is 24.6. The van der Waals surface area contributed by atoms with E-state index in [0.717, 1.165) is 6.92 Å². The molecule has 0 aliphatic heterocycles. The van der Waals surface area contributed by atoms with Gasteiger partial charge in [-0.1, -0.05) is 44.2 Å². The largest absolute Gasteiger partial charge is 0.488 e. The maximum atomic E-state index is 9.00. The Kier molecular flexibility index (Phi) is 11.6. The molecule has 0 unspecified atom stereocenters. The van der Waals surface area contributed by atoms with Gasteiger partial charge in [-0.2, -0.15) is 0 Å². The first-order valence-electron chi connectivity index (χ1n) is 4.64. The molecule has 0 atom stereocenters. The fourth-order valence-corrected chi connectivity index (χ4v) is 0.625. The van der Waals surface area contributed by atoms with Crippen LogP contribution in [0.1, 0.15) is 20.8 Å². The van der Waals surface area contributed by atoms with Crippen LogP contribution in [-0.4, -0.2) is 28.2 Å². The van der Waals surface area contributed by atoms with Crippen LogP contribution < -0.4 is 5.46 Å². The number of carboxylic acid groups (broad SMARTS) is 1. The molecule has 0 saturated heterocycles. The molecule has 0 aliphatic carbocycles. The molecule has 1 rings (SSSR count). The molecule has 0 fully saturated rings. The summed E-state index contributed by atoms with van der Waals surface area (Å²) in [6, 6.07) is 8.66. The van der Waals surface area contributed by atoms with E-state index in [1.165, 1.54) is 0 Å². The minimum atomic E-state index is -1.34. The molecule has 84 valence electrons. The van der Waals surface area contributed by atoms with Crippen molar-refractivity contribution < 1.29 is 19.9 Å². The molecule has 0 spiro atoms. The summed E-state index contributed by atoms with van der Waals surface area (Å²) in [5.41, 5.74) is 0.525. The van der Waals surface area contributed by atoms with Gasteiger partial charge >= 0.3 is 7.12 Å². The zero-order valence-corrected chi connectivity index (χ0v) is 9.21. The van der Waals surface area contributed by atoms with E-state index in [4.69, 9.17) is 19.9 Å². The standard InChI is InChI=1S/C6H7BO2.C2H4O2.C2H6/c8-7(9)6-4-2-1-3-5-6;1-2(3)4;1-2/h1-5,8-9H;1H3,(H,3,4);1-2H3. The molecule has 0 bridgehead atoms. The van der Waals surface area contributed by atoms with E-state index in [1.807, 2.05) is 19.9 Å². The Labute approximate surface area is 90.3 Å². The van der Waals surface area contributed by atoms with Crippen molar-refractivity contribution in [3.05, 3.63) is 30.3 Å². The van der Waals surface area contributed by atoms with Gasteiger partial charge in [-0.25, -0.2) is 0 Å². The smallest absolute Gasteiger partial charge is 0.481 e. The summed E-state index contributed by atoms with van der Waals surface area (Å²) < 4.78 is 0. The van der Waals surface area contributed by atoms with Gasteiger partial charge in [0.25, 0.3) is 5.97 Å². The minimum absolute atomic E-state index is 0.525. The first-order chi connectivity index (χ1) is 7.04. The van der Waals surface area contributed by atoms with E-state index in [9.17, 15) is 0 Å². The van der Waals surface area contributed by atoms with E-state index in [0.29, 0.717) is 5.46 Å². The van der Waals surface area contributed by atoms with Crippen molar-refractivity contribution in [1.82, 2.24) is 0 Å². The fraction of sp³-hybridized carbons (Fsp3) is 0.300. The molecule has 1 aromatic rings. The van der Waals surface area contributed by atoms with E-state index < -0.39 is 13.1 Å². The summed E-state index contributed by atoms with van der Waals surface area (Å²) in [4.78, 5) is 9.00. The highest BCUT2D eigenvalue weighted by Crippen LogP contribution is 1.82. The van der Waals surface area contributed by atoms with Gasteiger partial charge in [0.15, 0.2) is 0 Å².